The lowest BCUT2D eigenvalue weighted by atomic mass is 9.90. The number of piperidine rings is 1. The SMILES string of the molecule is NC1CC(Cc2ccsc2)CN(CCC(=O)O)C1. The summed E-state index contributed by atoms with van der Waals surface area (Å²) in [5.41, 5.74) is 7.44. The molecule has 1 aromatic rings. The summed E-state index contributed by atoms with van der Waals surface area (Å²) in [7, 11) is 0. The average molecular weight is 268 g/mol. The molecule has 2 rings (SSSR count). The van der Waals surface area contributed by atoms with Gasteiger partial charge in [0.2, 0.25) is 0 Å². The first-order valence-electron chi connectivity index (χ1n) is 6.34. The summed E-state index contributed by atoms with van der Waals surface area (Å²) in [5.74, 6) is -0.180. The molecule has 1 aliphatic heterocycles. The van der Waals surface area contributed by atoms with Crippen molar-refractivity contribution >= 4 is 17.3 Å². The summed E-state index contributed by atoms with van der Waals surface area (Å²) >= 11 is 1.72. The van der Waals surface area contributed by atoms with Gasteiger partial charge in [-0.2, -0.15) is 11.3 Å². The van der Waals surface area contributed by atoms with Crippen LogP contribution in [0, 0.1) is 5.92 Å². The van der Waals surface area contributed by atoms with E-state index in [1.165, 1.54) is 5.56 Å². The highest BCUT2D eigenvalue weighted by atomic mass is 32.1. The summed E-state index contributed by atoms with van der Waals surface area (Å²) in [5, 5.41) is 13.0. The standard InChI is InChI=1S/C13H20N2O2S/c14-12-6-11(5-10-2-4-18-9-10)7-15(8-12)3-1-13(16)17/h2,4,9,11-12H,1,3,5-8,14H2,(H,16,17). The second-order valence-corrected chi connectivity index (χ2v) is 5.88. The van der Waals surface area contributed by atoms with Crippen LogP contribution in [0.5, 0.6) is 0 Å². The van der Waals surface area contributed by atoms with Gasteiger partial charge in [0.25, 0.3) is 0 Å². The number of nitrogens with zero attached hydrogens (tertiary/aromatic N) is 1. The minimum absolute atomic E-state index is 0.177. The van der Waals surface area contributed by atoms with Gasteiger partial charge in [-0.15, -0.1) is 0 Å². The molecule has 3 N–H and O–H groups in total. The van der Waals surface area contributed by atoms with Crippen molar-refractivity contribution in [3.63, 3.8) is 0 Å². The highest BCUT2D eigenvalue weighted by Gasteiger charge is 2.25. The van der Waals surface area contributed by atoms with Crippen molar-refractivity contribution < 1.29 is 9.90 Å². The van der Waals surface area contributed by atoms with Crippen LogP contribution in [0.4, 0.5) is 0 Å². The van der Waals surface area contributed by atoms with E-state index in [-0.39, 0.29) is 12.5 Å². The monoisotopic (exact) mass is 268 g/mol. The predicted octanol–water partition coefficient (Wildman–Crippen LogP) is 1.41. The van der Waals surface area contributed by atoms with Crippen LogP contribution in [-0.2, 0) is 11.2 Å². The fourth-order valence-electron chi connectivity index (χ4n) is 2.67. The van der Waals surface area contributed by atoms with E-state index in [0.717, 1.165) is 25.9 Å². The Kier molecular flexibility index (Phi) is 4.74. The van der Waals surface area contributed by atoms with E-state index in [1.807, 2.05) is 0 Å². The number of rotatable bonds is 5. The van der Waals surface area contributed by atoms with Crippen LogP contribution in [0.15, 0.2) is 16.8 Å². The van der Waals surface area contributed by atoms with Crippen LogP contribution < -0.4 is 5.73 Å². The van der Waals surface area contributed by atoms with Crippen molar-refractivity contribution in [1.29, 1.82) is 0 Å². The molecule has 100 valence electrons. The maximum Gasteiger partial charge on any atom is 0.304 e. The maximum atomic E-state index is 10.6. The van der Waals surface area contributed by atoms with Crippen molar-refractivity contribution in [2.24, 2.45) is 11.7 Å². The third-order valence-corrected chi connectivity index (χ3v) is 4.12. The molecule has 18 heavy (non-hydrogen) atoms. The lowest BCUT2D eigenvalue weighted by Gasteiger charge is -2.36. The summed E-state index contributed by atoms with van der Waals surface area (Å²) in [4.78, 5) is 12.8. The van der Waals surface area contributed by atoms with E-state index < -0.39 is 5.97 Å². The van der Waals surface area contributed by atoms with E-state index in [1.54, 1.807) is 11.3 Å². The second-order valence-electron chi connectivity index (χ2n) is 5.10. The van der Waals surface area contributed by atoms with Crippen molar-refractivity contribution in [2.45, 2.75) is 25.3 Å². The molecule has 4 nitrogen and oxygen atoms in total. The minimum atomic E-state index is -0.733. The van der Waals surface area contributed by atoms with E-state index in [0.29, 0.717) is 12.5 Å². The lowest BCUT2D eigenvalue weighted by molar-refractivity contribution is -0.137. The first-order valence-corrected chi connectivity index (χ1v) is 7.28. The van der Waals surface area contributed by atoms with Gasteiger partial charge in [0.1, 0.15) is 0 Å². The predicted molar refractivity (Wildman–Crippen MR) is 72.8 cm³/mol. The Labute approximate surface area is 111 Å². The second kappa shape index (κ2) is 6.31. The van der Waals surface area contributed by atoms with Gasteiger partial charge < -0.3 is 15.7 Å². The first kappa shape index (κ1) is 13.5. The van der Waals surface area contributed by atoms with Gasteiger partial charge in [0.05, 0.1) is 6.42 Å². The molecule has 1 aliphatic rings. The van der Waals surface area contributed by atoms with Gasteiger partial charge in [0.15, 0.2) is 0 Å². The third kappa shape index (κ3) is 4.08. The van der Waals surface area contributed by atoms with Crippen LogP contribution in [0.25, 0.3) is 0 Å². The van der Waals surface area contributed by atoms with Gasteiger partial charge in [-0.3, -0.25) is 4.79 Å². The zero-order valence-corrected chi connectivity index (χ0v) is 11.2. The number of nitrogens with two attached hydrogens (primary N) is 1. The molecule has 0 aromatic carbocycles. The Morgan fingerprint density at radius 2 is 2.39 bits per heavy atom. The van der Waals surface area contributed by atoms with Gasteiger partial charge in [-0.05, 0) is 41.1 Å². The number of carboxylic acid groups (broad SMARTS) is 1. The maximum absolute atomic E-state index is 10.6. The zero-order valence-electron chi connectivity index (χ0n) is 10.4. The summed E-state index contributed by atoms with van der Waals surface area (Å²) in [6.45, 7) is 2.41. The lowest BCUT2D eigenvalue weighted by Crippen LogP contribution is -2.48. The van der Waals surface area contributed by atoms with Crippen LogP contribution >= 0.6 is 11.3 Å². The van der Waals surface area contributed by atoms with E-state index in [4.69, 9.17) is 10.8 Å². The van der Waals surface area contributed by atoms with Crippen molar-refractivity contribution in [2.75, 3.05) is 19.6 Å². The summed E-state index contributed by atoms with van der Waals surface area (Å²) < 4.78 is 0. The largest absolute Gasteiger partial charge is 0.481 e. The molecule has 1 fully saturated rings. The number of thiophene rings is 1. The van der Waals surface area contributed by atoms with Crippen molar-refractivity contribution in [3.8, 4) is 0 Å². The molecule has 1 aromatic heterocycles. The number of likely N-dealkylation sites (tertiary alicyclic amines) is 1. The van der Waals surface area contributed by atoms with E-state index in [9.17, 15) is 4.79 Å². The van der Waals surface area contributed by atoms with Crippen LogP contribution in [0.2, 0.25) is 0 Å². The first-order chi connectivity index (χ1) is 8.63. The molecule has 5 heteroatoms. The van der Waals surface area contributed by atoms with Crippen LogP contribution in [0.1, 0.15) is 18.4 Å². The van der Waals surface area contributed by atoms with Crippen molar-refractivity contribution in [3.05, 3.63) is 22.4 Å². The van der Waals surface area contributed by atoms with Crippen molar-refractivity contribution in [1.82, 2.24) is 4.90 Å². The molecular weight excluding hydrogens is 248 g/mol. The Morgan fingerprint density at radius 3 is 3.06 bits per heavy atom. The topological polar surface area (TPSA) is 66.6 Å². The molecule has 0 spiro atoms. The molecule has 0 aliphatic carbocycles. The molecule has 1 saturated heterocycles. The fraction of sp³-hybridized carbons (Fsp3) is 0.615. The minimum Gasteiger partial charge on any atom is -0.481 e. The normalized spacial score (nSPS) is 25.2. The number of carbonyl (C=O) groups is 1. The van der Waals surface area contributed by atoms with Crippen LogP contribution in [-0.4, -0.2) is 41.7 Å². The quantitative estimate of drug-likeness (QED) is 0.847. The Bertz CT molecular complexity index is 380. The molecule has 0 bridgehead atoms. The molecule has 2 atom stereocenters. The fourth-order valence-corrected chi connectivity index (χ4v) is 3.36. The van der Waals surface area contributed by atoms with Gasteiger partial charge >= 0.3 is 5.97 Å². The molecule has 0 amide bonds. The highest BCUT2D eigenvalue weighted by Crippen LogP contribution is 2.21. The highest BCUT2D eigenvalue weighted by molar-refractivity contribution is 7.07. The van der Waals surface area contributed by atoms with Gasteiger partial charge in [-0.1, -0.05) is 0 Å². The Morgan fingerprint density at radius 1 is 1.56 bits per heavy atom. The van der Waals surface area contributed by atoms with E-state index in [2.05, 4.69) is 21.7 Å². The number of carboxylic acids is 1. The van der Waals surface area contributed by atoms with E-state index >= 15 is 0 Å². The number of aliphatic carboxylic acids is 1. The zero-order chi connectivity index (χ0) is 13.0. The summed E-state index contributed by atoms with van der Waals surface area (Å²) in [6.07, 6.45) is 2.30. The summed E-state index contributed by atoms with van der Waals surface area (Å²) in [6, 6.07) is 2.34. The Balaban J connectivity index is 1.85. The Hall–Kier alpha value is -0.910. The number of hydrogen-bond donors (Lipinski definition) is 2. The molecule has 0 radical (unpaired) electrons. The van der Waals surface area contributed by atoms with Gasteiger partial charge in [-0.25, -0.2) is 0 Å². The molecule has 2 heterocycles. The molecule has 0 saturated carbocycles. The molecular formula is C13H20N2O2S. The van der Waals surface area contributed by atoms with Gasteiger partial charge in [0, 0.05) is 25.7 Å². The molecule has 2 unspecified atom stereocenters. The van der Waals surface area contributed by atoms with Crippen LogP contribution in [0.3, 0.4) is 0 Å². The average Bonchev–Trinajstić information content (AvgIpc) is 2.78. The third-order valence-electron chi connectivity index (χ3n) is 3.39. The number of hydrogen-bond acceptors (Lipinski definition) is 4. The smallest absolute Gasteiger partial charge is 0.304 e.